The normalized spacial score (nSPS) is 10.2. The van der Waals surface area contributed by atoms with Gasteiger partial charge in [0.05, 0.1) is 8.45 Å². The molecule has 1 aromatic heterocycles. The second-order valence-corrected chi connectivity index (χ2v) is 7.29. The molecule has 2 aromatic rings. The second kappa shape index (κ2) is 7.04. The quantitative estimate of drug-likeness (QED) is 0.751. The van der Waals surface area contributed by atoms with Crippen LogP contribution in [0.1, 0.15) is 33.2 Å². The van der Waals surface area contributed by atoms with Crippen molar-refractivity contribution in [1.29, 1.82) is 0 Å². The molecule has 110 valence electrons. The number of amides is 2. The number of rotatable bonds is 4. The Morgan fingerprint density at radius 1 is 1.19 bits per heavy atom. The molecule has 0 aliphatic heterocycles. The smallest absolute Gasteiger partial charge is 0.256 e. The molecule has 0 radical (unpaired) electrons. The van der Waals surface area contributed by atoms with Crippen LogP contribution < -0.4 is 10.6 Å². The number of aryl methyl sites for hydroxylation is 1. The molecule has 0 unspecified atom stereocenters. The van der Waals surface area contributed by atoms with E-state index in [1.807, 2.05) is 31.4 Å². The van der Waals surface area contributed by atoms with Crippen LogP contribution in [-0.2, 0) is 0 Å². The van der Waals surface area contributed by atoms with Crippen LogP contribution in [0.3, 0.4) is 0 Å². The molecule has 1 aromatic carbocycles. The van der Waals surface area contributed by atoms with Crippen LogP contribution >= 0.6 is 33.9 Å². The van der Waals surface area contributed by atoms with E-state index < -0.39 is 0 Å². The first-order chi connectivity index (χ1) is 10.0. The molecule has 2 N–H and O–H groups in total. The Kier molecular flexibility index (Phi) is 5.35. The van der Waals surface area contributed by atoms with Crippen LogP contribution in [-0.4, -0.2) is 18.4 Å². The van der Waals surface area contributed by atoms with E-state index in [2.05, 4.69) is 33.2 Å². The number of carbonyl (C=O) groups is 2. The summed E-state index contributed by atoms with van der Waals surface area (Å²) in [6.07, 6.45) is 0. The zero-order chi connectivity index (χ0) is 15.4. The van der Waals surface area contributed by atoms with E-state index in [-0.39, 0.29) is 11.8 Å². The van der Waals surface area contributed by atoms with E-state index in [0.29, 0.717) is 23.4 Å². The van der Waals surface area contributed by atoms with Gasteiger partial charge in [0.25, 0.3) is 11.8 Å². The van der Waals surface area contributed by atoms with E-state index in [0.717, 1.165) is 8.45 Å². The maximum absolute atomic E-state index is 12.2. The molecular weight excluding hydrogens is 399 g/mol. The molecule has 0 bridgehead atoms. The molecule has 21 heavy (non-hydrogen) atoms. The lowest BCUT2D eigenvalue weighted by Crippen LogP contribution is -2.23. The van der Waals surface area contributed by atoms with Gasteiger partial charge in [0.15, 0.2) is 0 Å². The molecule has 0 fully saturated rings. The molecule has 0 spiro atoms. The molecule has 0 saturated carbocycles. The summed E-state index contributed by atoms with van der Waals surface area (Å²) in [5, 5.41) is 7.43. The first-order valence-electron chi connectivity index (χ1n) is 6.45. The van der Waals surface area contributed by atoms with Crippen LogP contribution in [0.25, 0.3) is 0 Å². The number of nitrogens with one attached hydrogen (secondary N) is 2. The Hall–Kier alpha value is -1.41. The van der Waals surface area contributed by atoms with Gasteiger partial charge >= 0.3 is 0 Å². The van der Waals surface area contributed by atoms with Crippen LogP contribution in [0.5, 0.6) is 0 Å². The van der Waals surface area contributed by atoms with Gasteiger partial charge in [-0.1, -0.05) is 6.07 Å². The Bertz CT molecular complexity index is 682. The van der Waals surface area contributed by atoms with Gasteiger partial charge in [0.1, 0.15) is 0 Å². The van der Waals surface area contributed by atoms with Crippen molar-refractivity contribution in [2.45, 2.75) is 13.8 Å². The van der Waals surface area contributed by atoms with Crippen molar-refractivity contribution in [1.82, 2.24) is 5.32 Å². The van der Waals surface area contributed by atoms with Crippen LogP contribution in [0.4, 0.5) is 5.69 Å². The lowest BCUT2D eigenvalue weighted by Gasteiger charge is -2.10. The van der Waals surface area contributed by atoms with E-state index in [1.54, 1.807) is 12.1 Å². The number of hydrogen-bond donors (Lipinski definition) is 2. The van der Waals surface area contributed by atoms with Gasteiger partial charge in [-0.3, -0.25) is 9.59 Å². The number of carbonyl (C=O) groups excluding carboxylic acids is 2. The van der Waals surface area contributed by atoms with Crippen LogP contribution in [0.2, 0.25) is 0 Å². The monoisotopic (exact) mass is 414 g/mol. The lowest BCUT2D eigenvalue weighted by molar-refractivity contribution is 0.0954. The molecule has 0 aliphatic rings. The highest BCUT2D eigenvalue weighted by molar-refractivity contribution is 14.1. The summed E-state index contributed by atoms with van der Waals surface area (Å²) in [6, 6.07) is 7.13. The molecule has 0 saturated heterocycles. The fraction of sp³-hybridized carbons (Fsp3) is 0.200. The summed E-state index contributed by atoms with van der Waals surface area (Å²) in [5.74, 6) is -0.302. The number of thiophene rings is 1. The van der Waals surface area contributed by atoms with Gasteiger partial charge in [-0.25, -0.2) is 0 Å². The third-order valence-electron chi connectivity index (χ3n) is 2.91. The SMILES string of the molecule is CCNC(=O)c1ccc(C)c(NC(=O)c2csc(I)c2)c1. The maximum atomic E-state index is 12.2. The third kappa shape index (κ3) is 4.04. The molecule has 0 atom stereocenters. The van der Waals surface area contributed by atoms with Crippen molar-refractivity contribution < 1.29 is 9.59 Å². The average Bonchev–Trinajstić information content (AvgIpc) is 2.88. The molecule has 0 aliphatic carbocycles. The lowest BCUT2D eigenvalue weighted by atomic mass is 10.1. The van der Waals surface area contributed by atoms with E-state index >= 15 is 0 Å². The van der Waals surface area contributed by atoms with Gasteiger partial charge in [0.2, 0.25) is 0 Å². The maximum Gasteiger partial charge on any atom is 0.256 e. The van der Waals surface area contributed by atoms with Crippen molar-refractivity contribution in [3.63, 3.8) is 0 Å². The van der Waals surface area contributed by atoms with Crippen molar-refractivity contribution in [2.75, 3.05) is 11.9 Å². The first-order valence-corrected chi connectivity index (χ1v) is 8.41. The van der Waals surface area contributed by atoms with Gasteiger partial charge in [0, 0.05) is 23.2 Å². The summed E-state index contributed by atoms with van der Waals surface area (Å²) in [4.78, 5) is 24.0. The minimum Gasteiger partial charge on any atom is -0.352 e. The highest BCUT2D eigenvalue weighted by atomic mass is 127. The van der Waals surface area contributed by atoms with Crippen LogP contribution in [0.15, 0.2) is 29.6 Å². The highest BCUT2D eigenvalue weighted by Crippen LogP contribution is 2.21. The van der Waals surface area contributed by atoms with E-state index in [9.17, 15) is 9.59 Å². The zero-order valence-electron chi connectivity index (χ0n) is 11.7. The Morgan fingerprint density at radius 3 is 2.57 bits per heavy atom. The second-order valence-electron chi connectivity index (χ2n) is 4.48. The molecule has 6 heteroatoms. The minimum atomic E-state index is -0.162. The van der Waals surface area contributed by atoms with E-state index in [4.69, 9.17) is 0 Å². The van der Waals surface area contributed by atoms with Crippen molar-refractivity contribution in [3.8, 4) is 0 Å². The van der Waals surface area contributed by atoms with Gasteiger partial charge < -0.3 is 10.6 Å². The summed E-state index contributed by atoms with van der Waals surface area (Å²) in [7, 11) is 0. The largest absolute Gasteiger partial charge is 0.352 e. The van der Waals surface area contributed by atoms with Crippen molar-refractivity contribution in [3.05, 3.63) is 49.2 Å². The minimum absolute atomic E-state index is 0.141. The topological polar surface area (TPSA) is 58.2 Å². The molecule has 1 heterocycles. The molecule has 2 amide bonds. The van der Waals surface area contributed by atoms with Crippen LogP contribution in [0, 0.1) is 9.81 Å². The predicted molar refractivity (Wildman–Crippen MR) is 94.2 cm³/mol. The Balaban J connectivity index is 2.21. The standard InChI is InChI=1S/C15H15IN2O2S/c1-3-17-14(19)10-5-4-9(2)12(6-10)18-15(20)11-7-13(16)21-8-11/h4-8H,3H2,1-2H3,(H,17,19)(H,18,20). The fourth-order valence-corrected chi connectivity index (χ4v) is 3.11. The third-order valence-corrected chi connectivity index (χ3v) is 4.70. The van der Waals surface area contributed by atoms with Crippen molar-refractivity contribution >= 4 is 51.4 Å². The average molecular weight is 414 g/mol. The van der Waals surface area contributed by atoms with Crippen molar-refractivity contribution in [2.24, 2.45) is 0 Å². The van der Waals surface area contributed by atoms with Gasteiger partial charge in [-0.05, 0) is 60.2 Å². The fourth-order valence-electron chi connectivity index (χ4n) is 1.78. The predicted octanol–water partition coefficient (Wildman–Crippen LogP) is 3.66. The molecule has 2 rings (SSSR count). The summed E-state index contributed by atoms with van der Waals surface area (Å²) < 4.78 is 1.06. The van der Waals surface area contributed by atoms with Gasteiger partial charge in [-0.15, -0.1) is 11.3 Å². The molecule has 4 nitrogen and oxygen atoms in total. The molecular formula is C15H15IN2O2S. The first kappa shape index (κ1) is 16.0. The number of anilines is 1. The zero-order valence-corrected chi connectivity index (χ0v) is 14.7. The summed E-state index contributed by atoms with van der Waals surface area (Å²) in [5.41, 5.74) is 2.75. The van der Waals surface area contributed by atoms with E-state index in [1.165, 1.54) is 11.3 Å². The number of halogens is 1. The number of hydrogen-bond acceptors (Lipinski definition) is 3. The Labute approximate surface area is 141 Å². The van der Waals surface area contributed by atoms with Gasteiger partial charge in [-0.2, -0.15) is 0 Å². The Morgan fingerprint density at radius 2 is 1.95 bits per heavy atom. The highest BCUT2D eigenvalue weighted by Gasteiger charge is 2.12. The number of benzene rings is 1. The summed E-state index contributed by atoms with van der Waals surface area (Å²) >= 11 is 3.70. The summed E-state index contributed by atoms with van der Waals surface area (Å²) in [6.45, 7) is 4.34.